The first-order valence-electron chi connectivity index (χ1n) is 5.53. The van der Waals surface area contributed by atoms with Gasteiger partial charge in [0.2, 0.25) is 0 Å². The first-order chi connectivity index (χ1) is 9.13. The first kappa shape index (κ1) is 12.0. The predicted octanol–water partition coefficient (Wildman–Crippen LogP) is -1.77. The van der Waals surface area contributed by atoms with Crippen molar-refractivity contribution in [3.63, 3.8) is 0 Å². The number of carbonyl (C=O) groups is 1. The number of carbonyl (C=O) groups excluding carboxylic acids is 1. The highest BCUT2D eigenvalue weighted by Crippen LogP contribution is 2.30. The molecule has 0 unspecified atom stereocenters. The average Bonchev–Trinajstić information content (AvgIpc) is 2.94. The van der Waals surface area contributed by atoms with Gasteiger partial charge in [-0.15, -0.1) is 0 Å². The van der Waals surface area contributed by atoms with Crippen LogP contribution in [0, 0.1) is 0 Å². The molecule has 0 aromatic carbocycles. The Morgan fingerprint density at radius 2 is 2.11 bits per heavy atom. The lowest BCUT2D eigenvalue weighted by atomic mass is 10.1. The highest BCUT2D eigenvalue weighted by Gasteiger charge is 2.44. The molecule has 1 saturated heterocycles. The molecule has 0 aliphatic carbocycles. The van der Waals surface area contributed by atoms with Crippen molar-refractivity contribution in [2.24, 2.45) is 0 Å². The second-order valence-electron chi connectivity index (χ2n) is 4.19. The fourth-order valence-electron chi connectivity index (χ4n) is 2.08. The maximum atomic E-state index is 10.7. The third-order valence-corrected chi connectivity index (χ3v) is 3.07. The van der Waals surface area contributed by atoms with Crippen molar-refractivity contribution < 1.29 is 19.7 Å². The molecule has 4 atom stereocenters. The van der Waals surface area contributed by atoms with Crippen molar-refractivity contribution in [1.29, 1.82) is 0 Å². The number of anilines is 1. The van der Waals surface area contributed by atoms with Crippen LogP contribution in [0.2, 0.25) is 0 Å². The number of fused-ring (bicyclic) bond motifs is 1. The maximum Gasteiger partial charge on any atom is 0.167 e. The lowest BCUT2D eigenvalue weighted by Crippen LogP contribution is -2.32. The standard InChI is InChI=1S/C10H11N5O4/c11-8-5-9(13-2-12-8)15(3-14-5)10-7(18)6(17)4(1-16)19-10/h1-4,6-7,10,17-18H,(H2,11,12,13)/t4-,6+,7-,10+/m0/s1. The van der Waals surface area contributed by atoms with E-state index in [0.29, 0.717) is 17.5 Å². The molecule has 0 radical (unpaired) electrons. The van der Waals surface area contributed by atoms with Crippen LogP contribution in [0.25, 0.3) is 11.2 Å². The Bertz CT molecular complexity index is 629. The van der Waals surface area contributed by atoms with Gasteiger partial charge in [-0.05, 0) is 0 Å². The van der Waals surface area contributed by atoms with E-state index in [4.69, 9.17) is 10.5 Å². The summed E-state index contributed by atoms with van der Waals surface area (Å²) >= 11 is 0. The summed E-state index contributed by atoms with van der Waals surface area (Å²) in [6, 6.07) is 0. The zero-order chi connectivity index (χ0) is 13.6. The summed E-state index contributed by atoms with van der Waals surface area (Å²) in [6.07, 6.45) is -1.53. The molecular formula is C10H11N5O4. The van der Waals surface area contributed by atoms with E-state index in [0.717, 1.165) is 0 Å². The SMILES string of the molecule is Nc1ncnc2c1ncn2[C@@H]1O[C@@H](C=O)[C@@H](O)[C@@H]1O. The summed E-state index contributed by atoms with van der Waals surface area (Å²) in [6.45, 7) is 0. The number of rotatable bonds is 2. The molecule has 9 nitrogen and oxygen atoms in total. The minimum atomic E-state index is -1.29. The van der Waals surface area contributed by atoms with Gasteiger partial charge in [0.1, 0.15) is 30.2 Å². The summed E-state index contributed by atoms with van der Waals surface area (Å²) in [5.74, 6) is 0.198. The van der Waals surface area contributed by atoms with Crippen LogP contribution in [0.5, 0.6) is 0 Å². The van der Waals surface area contributed by atoms with E-state index in [9.17, 15) is 15.0 Å². The molecule has 0 amide bonds. The van der Waals surface area contributed by atoms with Crippen LogP contribution in [-0.2, 0) is 9.53 Å². The van der Waals surface area contributed by atoms with Crippen LogP contribution in [0.1, 0.15) is 6.23 Å². The van der Waals surface area contributed by atoms with Gasteiger partial charge in [0.05, 0.1) is 6.33 Å². The molecule has 0 spiro atoms. The van der Waals surface area contributed by atoms with E-state index in [1.54, 1.807) is 0 Å². The smallest absolute Gasteiger partial charge is 0.167 e. The number of hydrogen-bond acceptors (Lipinski definition) is 8. The van der Waals surface area contributed by atoms with Gasteiger partial charge in [-0.3, -0.25) is 4.57 Å². The minimum absolute atomic E-state index is 0.198. The second-order valence-corrected chi connectivity index (χ2v) is 4.19. The Labute approximate surface area is 106 Å². The number of aliphatic hydroxyl groups is 2. The number of hydrogen-bond donors (Lipinski definition) is 3. The second kappa shape index (κ2) is 4.23. The largest absolute Gasteiger partial charge is 0.387 e. The molecule has 1 aliphatic rings. The number of aromatic nitrogens is 4. The summed E-state index contributed by atoms with van der Waals surface area (Å²) < 4.78 is 6.69. The Morgan fingerprint density at radius 1 is 1.32 bits per heavy atom. The van der Waals surface area contributed by atoms with Crippen molar-refractivity contribution in [2.45, 2.75) is 24.5 Å². The Hall–Kier alpha value is -2.10. The van der Waals surface area contributed by atoms with Crippen LogP contribution >= 0.6 is 0 Å². The third-order valence-electron chi connectivity index (χ3n) is 3.07. The normalized spacial score (nSPS) is 30.8. The summed E-state index contributed by atoms with van der Waals surface area (Å²) in [7, 11) is 0. The minimum Gasteiger partial charge on any atom is -0.387 e. The Morgan fingerprint density at radius 3 is 2.79 bits per heavy atom. The lowest BCUT2D eigenvalue weighted by molar-refractivity contribution is -0.122. The van der Waals surface area contributed by atoms with Crippen LogP contribution in [0.3, 0.4) is 0 Å². The zero-order valence-electron chi connectivity index (χ0n) is 9.62. The molecule has 2 aromatic rings. The van der Waals surface area contributed by atoms with Crippen LogP contribution in [-0.4, -0.2) is 54.3 Å². The fourth-order valence-corrected chi connectivity index (χ4v) is 2.08. The van der Waals surface area contributed by atoms with E-state index in [1.165, 1.54) is 17.2 Å². The molecule has 1 aliphatic heterocycles. The van der Waals surface area contributed by atoms with Crippen molar-refractivity contribution in [3.05, 3.63) is 12.7 Å². The number of imidazole rings is 1. The van der Waals surface area contributed by atoms with Gasteiger partial charge in [0.25, 0.3) is 0 Å². The number of nitrogen functional groups attached to an aromatic ring is 1. The van der Waals surface area contributed by atoms with E-state index in [-0.39, 0.29) is 5.82 Å². The van der Waals surface area contributed by atoms with Crippen molar-refractivity contribution >= 4 is 23.3 Å². The molecule has 0 bridgehead atoms. The van der Waals surface area contributed by atoms with Crippen LogP contribution in [0.15, 0.2) is 12.7 Å². The first-order valence-corrected chi connectivity index (χ1v) is 5.53. The average molecular weight is 265 g/mol. The molecule has 2 aromatic heterocycles. The fraction of sp³-hybridized carbons (Fsp3) is 0.400. The molecule has 0 saturated carbocycles. The van der Waals surface area contributed by atoms with Gasteiger partial charge >= 0.3 is 0 Å². The van der Waals surface area contributed by atoms with Gasteiger partial charge in [-0.25, -0.2) is 15.0 Å². The molecule has 1 fully saturated rings. The van der Waals surface area contributed by atoms with Crippen LogP contribution in [0.4, 0.5) is 5.82 Å². The van der Waals surface area contributed by atoms with E-state index >= 15 is 0 Å². The number of nitrogens with zero attached hydrogens (tertiary/aromatic N) is 4. The summed E-state index contributed by atoms with van der Waals surface area (Å²) in [5, 5.41) is 19.6. The third kappa shape index (κ3) is 1.67. The topological polar surface area (TPSA) is 136 Å². The number of aliphatic hydroxyl groups excluding tert-OH is 2. The van der Waals surface area contributed by atoms with Gasteiger partial charge in [0, 0.05) is 0 Å². The summed E-state index contributed by atoms with van der Waals surface area (Å²) in [4.78, 5) is 22.6. The van der Waals surface area contributed by atoms with E-state index in [2.05, 4.69) is 15.0 Å². The van der Waals surface area contributed by atoms with Crippen molar-refractivity contribution in [2.75, 3.05) is 5.73 Å². The number of aldehydes is 1. The quantitative estimate of drug-likeness (QED) is 0.542. The van der Waals surface area contributed by atoms with Crippen LogP contribution < -0.4 is 5.73 Å². The zero-order valence-corrected chi connectivity index (χ0v) is 9.62. The van der Waals surface area contributed by atoms with Crippen molar-refractivity contribution in [3.8, 4) is 0 Å². The Balaban J connectivity index is 2.06. The van der Waals surface area contributed by atoms with Gasteiger partial charge in [0.15, 0.2) is 24.0 Å². The maximum absolute atomic E-state index is 10.7. The van der Waals surface area contributed by atoms with Gasteiger partial charge < -0.3 is 25.5 Å². The number of ether oxygens (including phenoxy) is 1. The Kier molecular flexibility index (Phi) is 2.66. The molecule has 3 heterocycles. The molecule has 100 valence electrons. The van der Waals surface area contributed by atoms with E-state index < -0.39 is 24.5 Å². The van der Waals surface area contributed by atoms with Crippen molar-refractivity contribution in [1.82, 2.24) is 19.5 Å². The molecular weight excluding hydrogens is 254 g/mol. The van der Waals surface area contributed by atoms with Gasteiger partial charge in [-0.1, -0.05) is 0 Å². The van der Waals surface area contributed by atoms with E-state index in [1.807, 2.05) is 0 Å². The molecule has 19 heavy (non-hydrogen) atoms. The molecule has 4 N–H and O–H groups in total. The lowest BCUT2D eigenvalue weighted by Gasteiger charge is -2.16. The monoisotopic (exact) mass is 265 g/mol. The predicted molar refractivity (Wildman–Crippen MR) is 61.7 cm³/mol. The van der Waals surface area contributed by atoms with Gasteiger partial charge in [-0.2, -0.15) is 0 Å². The highest BCUT2D eigenvalue weighted by molar-refractivity contribution is 5.81. The molecule has 9 heteroatoms. The summed E-state index contributed by atoms with van der Waals surface area (Å²) in [5.41, 5.74) is 6.37. The highest BCUT2D eigenvalue weighted by atomic mass is 16.6. The molecule has 3 rings (SSSR count). The number of nitrogens with two attached hydrogens (primary N) is 1.